The number of aliphatic imine (C=N–C) groups is 4. The molecular weight excluding hydrogens is 526 g/mol. The lowest BCUT2D eigenvalue weighted by Gasteiger charge is -2.40. The van der Waals surface area contributed by atoms with Gasteiger partial charge in [-0.3, -0.25) is 14.6 Å². The third kappa shape index (κ3) is 10.8. The Hall–Kier alpha value is -2.96. The molecule has 0 aromatic rings. The van der Waals surface area contributed by atoms with Crippen molar-refractivity contribution in [3.05, 3.63) is 12.2 Å². The molecule has 41 heavy (non-hydrogen) atoms. The minimum absolute atomic E-state index is 0.185. The highest BCUT2D eigenvalue weighted by atomic mass is 16.5. The van der Waals surface area contributed by atoms with Crippen molar-refractivity contribution in [3.8, 4) is 0 Å². The van der Waals surface area contributed by atoms with Crippen LogP contribution in [0.15, 0.2) is 32.1 Å². The summed E-state index contributed by atoms with van der Waals surface area (Å²) >= 11 is 0. The van der Waals surface area contributed by atoms with Gasteiger partial charge in [0.2, 0.25) is 11.8 Å². The summed E-state index contributed by atoms with van der Waals surface area (Å²) in [4.78, 5) is 41.4. The summed E-state index contributed by atoms with van der Waals surface area (Å²) in [5.41, 5.74) is 0.251. The van der Waals surface area contributed by atoms with Gasteiger partial charge in [0.05, 0.1) is 25.0 Å². The Bertz CT molecular complexity index is 1030. The first-order valence-electron chi connectivity index (χ1n) is 14.8. The molecule has 1 fully saturated rings. The third-order valence-corrected chi connectivity index (χ3v) is 7.12. The number of nitrogens with zero attached hydrogens (tertiary/aromatic N) is 4. The van der Waals surface area contributed by atoms with Gasteiger partial charge in [0.15, 0.2) is 18.1 Å². The van der Waals surface area contributed by atoms with Gasteiger partial charge in [0.1, 0.15) is 24.4 Å². The highest BCUT2D eigenvalue weighted by Gasteiger charge is 2.44. The van der Waals surface area contributed by atoms with Crippen molar-refractivity contribution in [2.24, 2.45) is 25.4 Å². The Morgan fingerprint density at radius 3 is 2.51 bits per heavy atom. The van der Waals surface area contributed by atoms with Crippen LogP contribution in [0.2, 0.25) is 0 Å². The van der Waals surface area contributed by atoms with E-state index in [2.05, 4.69) is 68.8 Å². The van der Waals surface area contributed by atoms with Crippen molar-refractivity contribution in [1.29, 1.82) is 0 Å². The molecule has 1 saturated heterocycles. The van der Waals surface area contributed by atoms with Crippen LogP contribution in [-0.4, -0.2) is 89.5 Å². The molecular formula is C29H47N7O5. The van der Waals surface area contributed by atoms with Crippen LogP contribution in [0.1, 0.15) is 85.5 Å². The van der Waals surface area contributed by atoms with Gasteiger partial charge in [-0.25, -0.2) is 15.0 Å². The van der Waals surface area contributed by atoms with E-state index in [9.17, 15) is 19.8 Å². The van der Waals surface area contributed by atoms with E-state index >= 15 is 0 Å². The summed E-state index contributed by atoms with van der Waals surface area (Å²) in [6.07, 6.45) is 12.1. The summed E-state index contributed by atoms with van der Waals surface area (Å²) in [5.74, 6) is 0.201. The SMILES string of the molecule is CC1OC(/N=C2\N=CNC3=NC=NC32)C(O)C(O)C1NC(=O)CNC(=O)CCCCCCCCC/C=C/C(C)(C)C. The molecule has 3 rings (SSSR count). The van der Waals surface area contributed by atoms with Crippen molar-refractivity contribution in [3.63, 3.8) is 0 Å². The van der Waals surface area contributed by atoms with E-state index in [1.54, 1.807) is 6.92 Å². The van der Waals surface area contributed by atoms with Crippen LogP contribution in [0, 0.1) is 5.41 Å². The number of allylic oxidation sites excluding steroid dienone is 2. The van der Waals surface area contributed by atoms with E-state index < -0.39 is 42.5 Å². The summed E-state index contributed by atoms with van der Waals surface area (Å²) in [6.45, 7) is 8.07. The number of amidine groups is 2. The van der Waals surface area contributed by atoms with Gasteiger partial charge in [0.25, 0.3) is 0 Å². The molecule has 0 saturated carbocycles. The molecule has 3 aliphatic rings. The monoisotopic (exact) mass is 573 g/mol. The van der Waals surface area contributed by atoms with Crippen molar-refractivity contribution in [2.75, 3.05) is 6.54 Å². The Labute approximate surface area is 243 Å². The minimum atomic E-state index is -1.40. The first-order valence-corrected chi connectivity index (χ1v) is 14.8. The average molecular weight is 574 g/mol. The Balaban J connectivity index is 1.28. The molecule has 3 aliphatic heterocycles. The second kappa shape index (κ2) is 15.9. The van der Waals surface area contributed by atoms with Crippen LogP contribution < -0.4 is 16.0 Å². The van der Waals surface area contributed by atoms with Gasteiger partial charge in [-0.2, -0.15) is 0 Å². The quantitative estimate of drug-likeness (QED) is 0.157. The number of aliphatic hydroxyl groups is 2. The van der Waals surface area contributed by atoms with Crippen LogP contribution in [0.4, 0.5) is 0 Å². The number of amides is 2. The van der Waals surface area contributed by atoms with Gasteiger partial charge in [-0.15, -0.1) is 0 Å². The maximum Gasteiger partial charge on any atom is 0.239 e. The van der Waals surface area contributed by atoms with Gasteiger partial charge in [-0.05, 0) is 31.6 Å². The molecule has 0 spiro atoms. The third-order valence-electron chi connectivity index (χ3n) is 7.12. The zero-order valence-corrected chi connectivity index (χ0v) is 24.8. The van der Waals surface area contributed by atoms with Crippen molar-refractivity contribution >= 4 is 36.2 Å². The number of nitrogens with one attached hydrogen (secondary N) is 3. The largest absolute Gasteiger partial charge is 0.388 e. The Morgan fingerprint density at radius 2 is 1.78 bits per heavy atom. The fourth-order valence-corrected chi connectivity index (χ4v) is 4.80. The molecule has 3 heterocycles. The number of carbonyl (C=O) groups excluding carboxylic acids is 2. The van der Waals surface area contributed by atoms with E-state index in [0.717, 1.165) is 25.7 Å². The van der Waals surface area contributed by atoms with Crippen LogP contribution in [-0.2, 0) is 14.3 Å². The fraction of sp³-hybridized carbons (Fsp3) is 0.724. The van der Waals surface area contributed by atoms with Crippen LogP contribution in [0.3, 0.4) is 0 Å². The Kier molecular flexibility index (Phi) is 12.6. The predicted octanol–water partition coefficient (Wildman–Crippen LogP) is 2.01. The first kappa shape index (κ1) is 32.6. The zero-order chi connectivity index (χ0) is 29.8. The lowest BCUT2D eigenvalue weighted by molar-refractivity contribution is -0.178. The van der Waals surface area contributed by atoms with Gasteiger partial charge in [-0.1, -0.05) is 65.0 Å². The fourth-order valence-electron chi connectivity index (χ4n) is 4.80. The molecule has 0 aromatic carbocycles. The molecule has 0 bridgehead atoms. The normalized spacial score (nSPS) is 28.4. The standard InChI is InChI=1S/C29H47N7O5/c1-19-22(24(39)25(40)28(41-19)36-27-23-26(32-17-31-23)33-18-34-27)35-21(38)16-30-20(37)14-12-10-8-6-5-7-9-11-13-15-29(2,3)4/h13,15,17-19,22-25,28,39-40H,5-12,14,16H2,1-4H3,(H,30,37)(H,35,38)(H,31,32,33,34,36)/b15-13+. The van der Waals surface area contributed by atoms with Crippen molar-refractivity contribution in [1.82, 2.24) is 16.0 Å². The zero-order valence-electron chi connectivity index (χ0n) is 24.8. The smallest absolute Gasteiger partial charge is 0.239 e. The lowest BCUT2D eigenvalue weighted by Crippen LogP contribution is -2.63. The number of hydrogen-bond acceptors (Lipinski definition) is 9. The molecule has 6 unspecified atom stereocenters. The van der Waals surface area contributed by atoms with Crippen LogP contribution >= 0.6 is 0 Å². The summed E-state index contributed by atoms with van der Waals surface area (Å²) in [6, 6.07) is -1.39. The topological polar surface area (TPSA) is 169 Å². The van der Waals surface area contributed by atoms with E-state index in [1.165, 1.54) is 38.4 Å². The predicted molar refractivity (Wildman–Crippen MR) is 160 cm³/mol. The molecule has 2 amide bonds. The van der Waals surface area contributed by atoms with Crippen molar-refractivity contribution < 1.29 is 24.5 Å². The number of unbranched alkanes of at least 4 members (excludes halogenated alkanes) is 7. The van der Waals surface area contributed by atoms with E-state index in [-0.39, 0.29) is 17.9 Å². The first-order chi connectivity index (χ1) is 19.5. The number of ether oxygens (including phenoxy) is 1. The maximum absolute atomic E-state index is 12.5. The highest BCUT2D eigenvalue weighted by molar-refractivity contribution is 6.21. The number of rotatable bonds is 14. The van der Waals surface area contributed by atoms with E-state index in [1.807, 2.05) is 0 Å². The molecule has 12 heteroatoms. The molecule has 6 atom stereocenters. The second-order valence-electron chi connectivity index (χ2n) is 11.9. The van der Waals surface area contributed by atoms with Crippen LogP contribution in [0.5, 0.6) is 0 Å². The average Bonchev–Trinajstić information content (AvgIpc) is 3.41. The maximum atomic E-state index is 12.5. The van der Waals surface area contributed by atoms with E-state index in [0.29, 0.717) is 18.1 Å². The van der Waals surface area contributed by atoms with Crippen LogP contribution in [0.25, 0.3) is 0 Å². The lowest BCUT2D eigenvalue weighted by atomic mass is 9.95. The molecule has 0 radical (unpaired) electrons. The molecule has 0 aromatic heterocycles. The Morgan fingerprint density at radius 1 is 1.07 bits per heavy atom. The second-order valence-corrected chi connectivity index (χ2v) is 11.9. The molecule has 228 valence electrons. The molecule has 0 aliphatic carbocycles. The van der Waals surface area contributed by atoms with E-state index in [4.69, 9.17) is 4.74 Å². The summed E-state index contributed by atoms with van der Waals surface area (Å²) < 4.78 is 5.80. The number of fused-ring (bicyclic) bond motifs is 1. The summed E-state index contributed by atoms with van der Waals surface area (Å²) in [5, 5.41) is 29.5. The number of aliphatic hydroxyl groups excluding tert-OH is 2. The molecule has 12 nitrogen and oxygen atoms in total. The van der Waals surface area contributed by atoms with Gasteiger partial charge in [0, 0.05) is 6.42 Å². The van der Waals surface area contributed by atoms with Gasteiger partial charge < -0.3 is 30.9 Å². The summed E-state index contributed by atoms with van der Waals surface area (Å²) in [7, 11) is 0. The molecule has 5 N–H and O–H groups in total. The number of carbonyl (C=O) groups is 2. The van der Waals surface area contributed by atoms with Gasteiger partial charge >= 0.3 is 0 Å². The van der Waals surface area contributed by atoms with Crippen molar-refractivity contribution in [2.45, 2.75) is 122 Å². The number of hydrogen-bond donors (Lipinski definition) is 5. The minimum Gasteiger partial charge on any atom is -0.388 e. The highest BCUT2D eigenvalue weighted by Crippen LogP contribution is 2.23.